The molecule has 37 heavy (non-hydrogen) atoms. The molecule has 0 aliphatic carbocycles. The van der Waals surface area contributed by atoms with Crippen LogP contribution in [0.2, 0.25) is 0 Å². The van der Waals surface area contributed by atoms with Crippen LogP contribution in [0.4, 0.5) is 5.69 Å². The Hall–Kier alpha value is -3.64. The number of benzene rings is 3. The molecule has 8 nitrogen and oxygen atoms in total. The second kappa shape index (κ2) is 13.6. The molecule has 1 amide bonds. The van der Waals surface area contributed by atoms with Crippen LogP contribution in [0.25, 0.3) is 0 Å². The predicted octanol–water partition coefficient (Wildman–Crippen LogP) is 5.72. The molecule has 0 spiro atoms. The zero-order valence-electron chi connectivity index (χ0n) is 19.9. The van der Waals surface area contributed by atoms with Crippen molar-refractivity contribution in [2.24, 2.45) is 5.10 Å². The van der Waals surface area contributed by atoms with E-state index in [1.165, 1.54) is 15.3 Å². The molecule has 10 heteroatoms. The van der Waals surface area contributed by atoms with E-state index in [1.807, 2.05) is 83.4 Å². The van der Waals surface area contributed by atoms with Gasteiger partial charge in [0.25, 0.3) is 5.91 Å². The van der Waals surface area contributed by atoms with Gasteiger partial charge < -0.3 is 14.6 Å². The number of allylic oxidation sites excluding steroid dienone is 1. The Morgan fingerprint density at radius 1 is 1.05 bits per heavy atom. The SMILES string of the molecule is C=CCn1c(CNc2ccc(I)cc2)nnc1SCC(=O)NN=Cc1cccc(Oc2ccccc2)c1. The molecule has 0 unspecified atom stereocenters. The van der Waals surface area contributed by atoms with Gasteiger partial charge in [0.05, 0.1) is 18.5 Å². The third-order valence-corrected chi connectivity index (χ3v) is 6.66. The molecule has 0 fully saturated rings. The lowest BCUT2D eigenvalue weighted by molar-refractivity contribution is -0.118. The van der Waals surface area contributed by atoms with Gasteiger partial charge in [0, 0.05) is 15.8 Å². The predicted molar refractivity (Wildman–Crippen MR) is 156 cm³/mol. The fourth-order valence-electron chi connectivity index (χ4n) is 3.24. The Labute approximate surface area is 233 Å². The maximum Gasteiger partial charge on any atom is 0.250 e. The highest BCUT2D eigenvalue weighted by Gasteiger charge is 2.13. The average Bonchev–Trinajstić information content (AvgIpc) is 3.29. The first kappa shape index (κ1) is 26.4. The molecule has 1 heterocycles. The number of anilines is 1. The summed E-state index contributed by atoms with van der Waals surface area (Å²) in [6, 6.07) is 25.1. The van der Waals surface area contributed by atoms with Crippen molar-refractivity contribution in [2.45, 2.75) is 18.2 Å². The molecule has 0 atom stereocenters. The molecule has 0 saturated carbocycles. The number of carbonyl (C=O) groups excluding carboxylic acids is 1. The molecule has 0 aliphatic heterocycles. The van der Waals surface area contributed by atoms with Crippen LogP contribution in [0.5, 0.6) is 11.5 Å². The van der Waals surface area contributed by atoms with Crippen LogP contribution < -0.4 is 15.5 Å². The molecule has 0 saturated heterocycles. The number of thioether (sulfide) groups is 1. The summed E-state index contributed by atoms with van der Waals surface area (Å²) in [4.78, 5) is 12.4. The van der Waals surface area contributed by atoms with E-state index in [0.29, 0.717) is 24.0 Å². The second-order valence-electron chi connectivity index (χ2n) is 7.73. The molecule has 0 bridgehead atoms. The van der Waals surface area contributed by atoms with Gasteiger partial charge in [0.15, 0.2) is 11.0 Å². The first-order chi connectivity index (χ1) is 18.1. The van der Waals surface area contributed by atoms with Gasteiger partial charge in [0.1, 0.15) is 11.5 Å². The molecule has 4 rings (SSSR count). The molecule has 1 aromatic heterocycles. The van der Waals surface area contributed by atoms with Gasteiger partial charge in [-0.05, 0) is 76.7 Å². The summed E-state index contributed by atoms with van der Waals surface area (Å²) in [5.41, 5.74) is 4.36. The van der Waals surface area contributed by atoms with Gasteiger partial charge in [-0.2, -0.15) is 5.10 Å². The Morgan fingerprint density at radius 2 is 1.84 bits per heavy atom. The Morgan fingerprint density at radius 3 is 2.62 bits per heavy atom. The van der Waals surface area contributed by atoms with Crippen molar-refractivity contribution in [1.82, 2.24) is 20.2 Å². The fraction of sp³-hybridized carbons (Fsp3) is 0.111. The number of aromatic nitrogens is 3. The summed E-state index contributed by atoms with van der Waals surface area (Å²) in [5.74, 6) is 2.10. The van der Waals surface area contributed by atoms with Crippen molar-refractivity contribution in [3.63, 3.8) is 0 Å². The van der Waals surface area contributed by atoms with Crippen LogP contribution in [0, 0.1) is 3.57 Å². The molecule has 3 aromatic carbocycles. The number of halogens is 1. The lowest BCUT2D eigenvalue weighted by Gasteiger charge is -2.09. The normalized spacial score (nSPS) is 10.8. The lowest BCUT2D eigenvalue weighted by atomic mass is 10.2. The molecular weight excluding hydrogens is 599 g/mol. The lowest BCUT2D eigenvalue weighted by Crippen LogP contribution is -2.20. The van der Waals surface area contributed by atoms with Crippen LogP contribution in [-0.4, -0.2) is 32.6 Å². The van der Waals surface area contributed by atoms with E-state index in [1.54, 1.807) is 12.3 Å². The Bertz CT molecular complexity index is 1360. The second-order valence-corrected chi connectivity index (χ2v) is 9.92. The Kier molecular flexibility index (Phi) is 9.72. The number of nitrogens with one attached hydrogen (secondary N) is 2. The van der Waals surface area contributed by atoms with Crippen molar-refractivity contribution in [1.29, 1.82) is 0 Å². The smallest absolute Gasteiger partial charge is 0.250 e. The van der Waals surface area contributed by atoms with E-state index in [-0.39, 0.29) is 11.7 Å². The van der Waals surface area contributed by atoms with Crippen LogP contribution >= 0.6 is 34.4 Å². The van der Waals surface area contributed by atoms with Crippen molar-refractivity contribution in [3.05, 3.63) is 106 Å². The quantitative estimate of drug-likeness (QED) is 0.0690. The maximum atomic E-state index is 12.4. The van der Waals surface area contributed by atoms with Gasteiger partial charge in [-0.1, -0.05) is 48.2 Å². The highest BCUT2D eigenvalue weighted by atomic mass is 127. The van der Waals surface area contributed by atoms with Gasteiger partial charge in [-0.15, -0.1) is 16.8 Å². The van der Waals surface area contributed by atoms with Gasteiger partial charge in [0.2, 0.25) is 0 Å². The molecule has 4 aromatic rings. The summed E-state index contributed by atoms with van der Waals surface area (Å²) in [6.07, 6.45) is 3.36. The standard InChI is InChI=1S/C27H25IN6O2S/c1-2-15-34-25(18-29-22-13-11-21(28)12-14-22)31-33-27(34)37-19-26(35)32-30-17-20-7-6-10-24(16-20)36-23-8-4-3-5-9-23/h2-14,16-17,29H,1,15,18-19H2,(H,32,35). The molecular formula is C27H25IN6O2S. The maximum absolute atomic E-state index is 12.4. The number of nitrogens with zero attached hydrogens (tertiary/aromatic N) is 4. The van der Waals surface area contributed by atoms with Crippen molar-refractivity contribution in [2.75, 3.05) is 11.1 Å². The minimum Gasteiger partial charge on any atom is -0.457 e. The van der Waals surface area contributed by atoms with Crippen LogP contribution in [0.15, 0.2) is 102 Å². The number of carbonyl (C=O) groups is 1. The van der Waals surface area contributed by atoms with Crippen molar-refractivity contribution >= 4 is 52.2 Å². The summed E-state index contributed by atoms with van der Waals surface area (Å²) < 4.78 is 8.94. The molecule has 0 aliphatic rings. The third kappa shape index (κ3) is 8.19. The molecule has 0 radical (unpaired) electrons. The number of rotatable bonds is 12. The van der Waals surface area contributed by atoms with E-state index in [9.17, 15) is 4.79 Å². The first-order valence-electron chi connectivity index (χ1n) is 11.4. The zero-order chi connectivity index (χ0) is 25.9. The highest BCUT2D eigenvalue weighted by molar-refractivity contribution is 14.1. The summed E-state index contributed by atoms with van der Waals surface area (Å²) in [7, 11) is 0. The number of hydrogen-bond acceptors (Lipinski definition) is 7. The number of hydrogen-bond donors (Lipinski definition) is 2. The van der Waals surface area contributed by atoms with E-state index in [0.717, 1.165) is 22.8 Å². The number of amides is 1. The van der Waals surface area contributed by atoms with Gasteiger partial charge in [-0.25, -0.2) is 5.43 Å². The number of hydrazone groups is 1. The average molecular weight is 625 g/mol. The molecule has 2 N–H and O–H groups in total. The largest absolute Gasteiger partial charge is 0.457 e. The third-order valence-electron chi connectivity index (χ3n) is 4.97. The molecule has 188 valence electrons. The Balaban J connectivity index is 1.28. The van der Waals surface area contributed by atoms with E-state index >= 15 is 0 Å². The van der Waals surface area contributed by atoms with E-state index < -0.39 is 0 Å². The van der Waals surface area contributed by atoms with E-state index in [2.05, 4.69) is 55.2 Å². The number of ether oxygens (including phenoxy) is 1. The van der Waals surface area contributed by atoms with Crippen molar-refractivity contribution < 1.29 is 9.53 Å². The highest BCUT2D eigenvalue weighted by Crippen LogP contribution is 2.21. The van der Waals surface area contributed by atoms with Crippen molar-refractivity contribution in [3.8, 4) is 11.5 Å². The van der Waals surface area contributed by atoms with Crippen LogP contribution in [-0.2, 0) is 17.9 Å². The topological polar surface area (TPSA) is 93.4 Å². The number of para-hydroxylation sites is 1. The first-order valence-corrected chi connectivity index (χ1v) is 13.5. The summed E-state index contributed by atoms with van der Waals surface area (Å²) in [6.45, 7) is 4.87. The zero-order valence-corrected chi connectivity index (χ0v) is 22.9. The van der Waals surface area contributed by atoms with Gasteiger partial charge in [-0.3, -0.25) is 4.79 Å². The van der Waals surface area contributed by atoms with Crippen LogP contribution in [0.3, 0.4) is 0 Å². The fourth-order valence-corrected chi connectivity index (χ4v) is 4.36. The summed E-state index contributed by atoms with van der Waals surface area (Å²) >= 11 is 3.57. The minimum atomic E-state index is -0.246. The monoisotopic (exact) mass is 624 g/mol. The van der Waals surface area contributed by atoms with Crippen LogP contribution in [0.1, 0.15) is 11.4 Å². The van der Waals surface area contributed by atoms with Gasteiger partial charge >= 0.3 is 0 Å². The minimum absolute atomic E-state index is 0.147. The van der Waals surface area contributed by atoms with E-state index in [4.69, 9.17) is 4.74 Å². The summed E-state index contributed by atoms with van der Waals surface area (Å²) in [5, 5.41) is 16.6.